The number of likely N-dealkylation sites (N-methyl/N-ethyl adjacent to an activating group) is 1. The maximum atomic E-state index is 12.1. The second-order valence-corrected chi connectivity index (χ2v) is 7.44. The monoisotopic (exact) mass is 353 g/mol. The van der Waals surface area contributed by atoms with Gasteiger partial charge in [-0.2, -0.15) is 8.42 Å². The van der Waals surface area contributed by atoms with Gasteiger partial charge in [0.15, 0.2) is 5.84 Å². The molecule has 1 heterocycles. The Bertz CT molecular complexity index is 801. The van der Waals surface area contributed by atoms with Crippen molar-refractivity contribution in [1.29, 1.82) is 0 Å². The fourth-order valence-corrected chi connectivity index (χ4v) is 3.64. The van der Waals surface area contributed by atoms with Crippen molar-refractivity contribution in [3.63, 3.8) is 0 Å². The van der Waals surface area contributed by atoms with E-state index in [1.54, 1.807) is 32.0 Å². The number of hydrogen-bond acceptors (Lipinski definition) is 5. The molecule has 0 fully saturated rings. The number of carboxylic acid groups (broad SMARTS) is 1. The number of carboxylic acids is 1. The standard InChI is InChI=1S/C15H19N3O5S/c1-9(2)13(15(20)21)16-12(19)8-18(3)14-10-6-4-5-7-11(10)24(22,23)17-14/h4-7,9,13H,8H2,1-3H3,(H,16,19)(H,20,21)/t13-/m0/s1. The molecule has 0 saturated heterocycles. The molecule has 24 heavy (non-hydrogen) atoms. The second kappa shape index (κ2) is 6.60. The number of carbonyl (C=O) groups is 2. The van der Waals surface area contributed by atoms with Crippen molar-refractivity contribution in [1.82, 2.24) is 10.2 Å². The maximum absolute atomic E-state index is 12.1. The lowest BCUT2D eigenvalue weighted by Gasteiger charge is -2.22. The first kappa shape index (κ1) is 17.9. The third kappa shape index (κ3) is 3.56. The van der Waals surface area contributed by atoms with Gasteiger partial charge in [-0.05, 0) is 18.1 Å². The van der Waals surface area contributed by atoms with E-state index in [2.05, 4.69) is 9.71 Å². The number of benzene rings is 1. The lowest BCUT2D eigenvalue weighted by Crippen LogP contribution is -2.48. The Kier molecular flexibility index (Phi) is 4.93. The average Bonchev–Trinajstić information content (AvgIpc) is 2.76. The van der Waals surface area contributed by atoms with Gasteiger partial charge in [-0.1, -0.05) is 26.0 Å². The summed E-state index contributed by atoms with van der Waals surface area (Å²) in [6, 6.07) is 5.34. The topological polar surface area (TPSA) is 116 Å². The minimum Gasteiger partial charge on any atom is -0.480 e. The van der Waals surface area contributed by atoms with E-state index in [9.17, 15) is 18.0 Å². The number of hydrogen-bond donors (Lipinski definition) is 2. The van der Waals surface area contributed by atoms with Gasteiger partial charge < -0.3 is 15.3 Å². The molecule has 1 atom stereocenters. The Morgan fingerprint density at radius 2 is 1.92 bits per heavy atom. The van der Waals surface area contributed by atoms with Gasteiger partial charge in [-0.25, -0.2) is 4.79 Å². The summed E-state index contributed by atoms with van der Waals surface area (Å²) >= 11 is 0. The van der Waals surface area contributed by atoms with Crippen LogP contribution in [0, 0.1) is 5.92 Å². The van der Waals surface area contributed by atoms with Gasteiger partial charge in [-0.3, -0.25) is 4.79 Å². The third-order valence-electron chi connectivity index (χ3n) is 3.60. The van der Waals surface area contributed by atoms with Gasteiger partial charge in [-0.15, -0.1) is 4.40 Å². The molecule has 0 unspecified atom stereocenters. The minimum absolute atomic E-state index is 0.0952. The van der Waals surface area contributed by atoms with E-state index in [-0.39, 0.29) is 23.2 Å². The molecule has 130 valence electrons. The largest absolute Gasteiger partial charge is 0.480 e. The summed E-state index contributed by atoms with van der Waals surface area (Å²) in [5.41, 5.74) is 0.423. The molecular weight excluding hydrogens is 334 g/mol. The fourth-order valence-electron chi connectivity index (χ4n) is 2.39. The fraction of sp³-hybridized carbons (Fsp3) is 0.400. The molecule has 2 N–H and O–H groups in total. The summed E-state index contributed by atoms with van der Waals surface area (Å²) in [5, 5.41) is 11.5. The van der Waals surface area contributed by atoms with Gasteiger partial charge >= 0.3 is 5.97 Å². The molecule has 1 amide bonds. The number of nitrogens with one attached hydrogen (secondary N) is 1. The van der Waals surface area contributed by atoms with E-state index in [0.717, 1.165) is 0 Å². The van der Waals surface area contributed by atoms with Crippen LogP contribution in [0.5, 0.6) is 0 Å². The normalized spacial score (nSPS) is 16.2. The molecule has 1 aliphatic rings. The first-order valence-corrected chi connectivity index (χ1v) is 8.75. The van der Waals surface area contributed by atoms with Crippen LogP contribution < -0.4 is 5.32 Å². The summed E-state index contributed by atoms with van der Waals surface area (Å²) in [5.74, 6) is -1.76. The van der Waals surface area contributed by atoms with Gasteiger partial charge in [0.05, 0.1) is 6.54 Å². The van der Waals surface area contributed by atoms with Gasteiger partial charge in [0.1, 0.15) is 10.9 Å². The number of fused-ring (bicyclic) bond motifs is 1. The molecule has 1 aromatic rings. The van der Waals surface area contributed by atoms with Crippen LogP contribution in [0.25, 0.3) is 0 Å². The van der Waals surface area contributed by atoms with Gasteiger partial charge in [0.25, 0.3) is 10.0 Å². The van der Waals surface area contributed by atoms with Crippen molar-refractivity contribution in [2.75, 3.05) is 13.6 Å². The van der Waals surface area contributed by atoms with Crippen LogP contribution in [-0.2, 0) is 19.6 Å². The van der Waals surface area contributed by atoms with Crippen LogP contribution in [0.4, 0.5) is 0 Å². The quantitative estimate of drug-likeness (QED) is 0.786. The van der Waals surface area contributed by atoms with Crippen molar-refractivity contribution in [2.24, 2.45) is 10.3 Å². The maximum Gasteiger partial charge on any atom is 0.326 e. The Labute approximate surface area is 140 Å². The van der Waals surface area contributed by atoms with Crippen molar-refractivity contribution < 1.29 is 23.1 Å². The van der Waals surface area contributed by atoms with E-state index in [4.69, 9.17) is 5.11 Å². The molecule has 0 saturated carbocycles. The Hall–Kier alpha value is -2.42. The van der Waals surface area contributed by atoms with Crippen LogP contribution in [0.2, 0.25) is 0 Å². The number of nitrogens with zero attached hydrogens (tertiary/aromatic N) is 2. The zero-order chi connectivity index (χ0) is 18.1. The van der Waals surface area contributed by atoms with Crippen LogP contribution >= 0.6 is 0 Å². The zero-order valence-corrected chi connectivity index (χ0v) is 14.4. The smallest absolute Gasteiger partial charge is 0.326 e. The van der Waals surface area contributed by atoms with E-state index >= 15 is 0 Å². The molecule has 0 radical (unpaired) electrons. The highest BCUT2D eigenvalue weighted by Gasteiger charge is 2.31. The van der Waals surface area contributed by atoms with Gasteiger partial charge in [0.2, 0.25) is 5.91 Å². The highest BCUT2D eigenvalue weighted by Crippen LogP contribution is 2.26. The van der Waals surface area contributed by atoms with E-state index in [1.165, 1.54) is 18.0 Å². The molecule has 0 bridgehead atoms. The molecule has 2 rings (SSSR count). The molecule has 8 nitrogen and oxygen atoms in total. The molecule has 0 spiro atoms. The van der Waals surface area contributed by atoms with E-state index in [1.807, 2.05) is 0 Å². The molecular formula is C15H19N3O5S. The van der Waals surface area contributed by atoms with Crippen molar-refractivity contribution in [2.45, 2.75) is 24.8 Å². The number of aliphatic carboxylic acids is 1. The van der Waals surface area contributed by atoms with E-state index in [0.29, 0.717) is 5.56 Å². The molecule has 1 aliphatic heterocycles. The number of rotatable bonds is 5. The number of sulfonamides is 1. The summed E-state index contributed by atoms with van der Waals surface area (Å²) in [6.45, 7) is 3.17. The van der Waals surface area contributed by atoms with Crippen molar-refractivity contribution >= 4 is 27.7 Å². The average molecular weight is 353 g/mol. The van der Waals surface area contributed by atoms with Crippen LogP contribution in [0.1, 0.15) is 19.4 Å². The Morgan fingerprint density at radius 3 is 2.50 bits per heavy atom. The lowest BCUT2D eigenvalue weighted by atomic mass is 10.0. The number of carbonyl (C=O) groups excluding carboxylic acids is 1. The first-order valence-electron chi connectivity index (χ1n) is 7.31. The van der Waals surface area contributed by atoms with Crippen LogP contribution in [-0.4, -0.2) is 55.8 Å². The SMILES string of the molecule is CC(C)[C@H](NC(=O)CN(C)C1=NS(=O)(=O)c2ccccc21)C(=O)O. The summed E-state index contributed by atoms with van der Waals surface area (Å²) < 4.78 is 27.7. The summed E-state index contributed by atoms with van der Waals surface area (Å²) in [4.78, 5) is 24.7. The first-order chi connectivity index (χ1) is 11.1. The van der Waals surface area contributed by atoms with Gasteiger partial charge in [0, 0.05) is 12.6 Å². The predicted molar refractivity (Wildman–Crippen MR) is 87.2 cm³/mol. The number of amidine groups is 1. The molecule has 0 aromatic heterocycles. The lowest BCUT2D eigenvalue weighted by molar-refractivity contribution is -0.143. The van der Waals surface area contributed by atoms with E-state index < -0.39 is 27.9 Å². The Morgan fingerprint density at radius 1 is 1.29 bits per heavy atom. The Balaban J connectivity index is 2.15. The van der Waals surface area contributed by atoms with Crippen molar-refractivity contribution in [3.8, 4) is 0 Å². The summed E-state index contributed by atoms with van der Waals surface area (Å²) in [7, 11) is -2.24. The van der Waals surface area contributed by atoms with Crippen LogP contribution in [0.3, 0.4) is 0 Å². The highest BCUT2D eigenvalue weighted by atomic mass is 32.2. The predicted octanol–water partition coefficient (Wildman–Crippen LogP) is 0.293. The minimum atomic E-state index is -3.77. The zero-order valence-electron chi connectivity index (χ0n) is 13.6. The highest BCUT2D eigenvalue weighted by molar-refractivity contribution is 7.90. The van der Waals surface area contributed by atoms with Crippen LogP contribution in [0.15, 0.2) is 33.6 Å². The third-order valence-corrected chi connectivity index (χ3v) is 4.93. The molecule has 1 aromatic carbocycles. The van der Waals surface area contributed by atoms with Crippen molar-refractivity contribution in [3.05, 3.63) is 29.8 Å². The molecule has 9 heteroatoms. The molecule has 0 aliphatic carbocycles. The second-order valence-electron chi connectivity index (χ2n) is 5.87. The summed E-state index contributed by atoms with van der Waals surface area (Å²) in [6.07, 6.45) is 0. The number of amides is 1.